The molecule has 1 amide bonds. The third kappa shape index (κ3) is 5.13. The highest BCUT2D eigenvalue weighted by Crippen LogP contribution is 2.06. The molecule has 88 valence electrons. The summed E-state index contributed by atoms with van der Waals surface area (Å²) < 4.78 is 21.6. The Bertz CT molecular complexity index is 307. The minimum absolute atomic E-state index is 0.00542. The van der Waals surface area contributed by atoms with Crippen LogP contribution in [-0.2, 0) is 14.6 Å². The van der Waals surface area contributed by atoms with Crippen LogP contribution in [0.15, 0.2) is 0 Å². The van der Waals surface area contributed by atoms with Crippen LogP contribution in [0, 0.1) is 0 Å². The normalized spacial score (nSPS) is 22.3. The maximum Gasteiger partial charge on any atom is 0.237 e. The zero-order valence-corrected chi connectivity index (χ0v) is 9.77. The van der Waals surface area contributed by atoms with E-state index in [2.05, 4.69) is 10.6 Å². The number of hydrogen-bond donors (Lipinski definition) is 2. The summed E-state index contributed by atoms with van der Waals surface area (Å²) in [5.74, 6) is -0.0794. The van der Waals surface area contributed by atoms with Crippen molar-refractivity contribution in [1.82, 2.24) is 10.6 Å². The van der Waals surface area contributed by atoms with Gasteiger partial charge in [0.1, 0.15) is 9.84 Å². The predicted molar refractivity (Wildman–Crippen MR) is 58.4 cm³/mol. The maximum absolute atomic E-state index is 11.5. The fourth-order valence-electron chi connectivity index (χ4n) is 1.56. The Labute approximate surface area is 90.5 Å². The molecule has 0 aromatic heterocycles. The smallest absolute Gasteiger partial charge is 0.237 e. The fourth-order valence-corrected chi connectivity index (χ4v) is 2.03. The topological polar surface area (TPSA) is 75.3 Å². The first-order chi connectivity index (χ1) is 6.99. The van der Waals surface area contributed by atoms with Crippen LogP contribution in [0.4, 0.5) is 0 Å². The molecule has 1 aliphatic heterocycles. The quantitative estimate of drug-likeness (QED) is 0.674. The molecule has 1 fully saturated rings. The van der Waals surface area contributed by atoms with Crippen molar-refractivity contribution in [3.05, 3.63) is 0 Å². The van der Waals surface area contributed by atoms with Crippen LogP contribution in [0.25, 0.3) is 0 Å². The van der Waals surface area contributed by atoms with Gasteiger partial charge in [-0.1, -0.05) is 6.42 Å². The number of rotatable bonds is 4. The summed E-state index contributed by atoms with van der Waals surface area (Å²) in [6.07, 6.45) is 4.16. The summed E-state index contributed by atoms with van der Waals surface area (Å²) >= 11 is 0. The number of carbonyl (C=O) groups excluding carboxylic acids is 1. The molecular weight excluding hydrogens is 216 g/mol. The minimum atomic E-state index is -2.99. The lowest BCUT2D eigenvalue weighted by Gasteiger charge is -2.22. The monoisotopic (exact) mass is 234 g/mol. The molecule has 2 N–H and O–H groups in total. The molecule has 15 heavy (non-hydrogen) atoms. The maximum atomic E-state index is 11.5. The van der Waals surface area contributed by atoms with E-state index >= 15 is 0 Å². The largest absolute Gasteiger partial charge is 0.354 e. The highest BCUT2D eigenvalue weighted by atomic mass is 32.2. The molecule has 0 aliphatic carbocycles. The van der Waals surface area contributed by atoms with E-state index in [1.165, 1.54) is 0 Å². The van der Waals surface area contributed by atoms with Gasteiger partial charge in [0, 0.05) is 12.8 Å². The lowest BCUT2D eigenvalue weighted by molar-refractivity contribution is -0.123. The van der Waals surface area contributed by atoms with Crippen molar-refractivity contribution in [2.75, 3.05) is 25.1 Å². The van der Waals surface area contributed by atoms with Crippen molar-refractivity contribution in [1.29, 1.82) is 0 Å². The number of sulfone groups is 1. The minimum Gasteiger partial charge on any atom is -0.354 e. The molecule has 5 nitrogen and oxygen atoms in total. The van der Waals surface area contributed by atoms with Gasteiger partial charge in [0.05, 0.1) is 11.8 Å². The van der Waals surface area contributed by atoms with E-state index < -0.39 is 9.84 Å². The van der Waals surface area contributed by atoms with E-state index in [0.717, 1.165) is 32.1 Å². The van der Waals surface area contributed by atoms with E-state index in [1.54, 1.807) is 0 Å². The van der Waals surface area contributed by atoms with Crippen LogP contribution in [-0.4, -0.2) is 45.5 Å². The predicted octanol–water partition coefficient (Wildman–Crippen LogP) is -0.711. The van der Waals surface area contributed by atoms with Gasteiger partial charge in [-0.2, -0.15) is 0 Å². The van der Waals surface area contributed by atoms with E-state index in [0.29, 0.717) is 0 Å². The zero-order chi connectivity index (χ0) is 11.3. The SMILES string of the molecule is CS(=O)(=O)CCNC(=O)[C@H]1CCCCN1. The summed E-state index contributed by atoms with van der Waals surface area (Å²) in [6, 6.07) is -0.140. The van der Waals surface area contributed by atoms with Crippen LogP contribution >= 0.6 is 0 Å². The van der Waals surface area contributed by atoms with Gasteiger partial charge >= 0.3 is 0 Å². The van der Waals surface area contributed by atoms with Gasteiger partial charge < -0.3 is 10.6 Å². The molecule has 0 saturated carbocycles. The molecular formula is C9H18N2O3S. The Morgan fingerprint density at radius 1 is 1.47 bits per heavy atom. The highest BCUT2D eigenvalue weighted by Gasteiger charge is 2.19. The average Bonchev–Trinajstić information content (AvgIpc) is 2.17. The highest BCUT2D eigenvalue weighted by molar-refractivity contribution is 7.90. The molecule has 0 aromatic rings. The van der Waals surface area contributed by atoms with Crippen molar-refractivity contribution in [3.8, 4) is 0 Å². The first-order valence-electron chi connectivity index (χ1n) is 5.18. The van der Waals surface area contributed by atoms with Crippen molar-refractivity contribution < 1.29 is 13.2 Å². The van der Waals surface area contributed by atoms with Crippen LogP contribution in [0.2, 0.25) is 0 Å². The van der Waals surface area contributed by atoms with Gasteiger partial charge in [0.2, 0.25) is 5.91 Å². The fraction of sp³-hybridized carbons (Fsp3) is 0.889. The number of amides is 1. The van der Waals surface area contributed by atoms with Gasteiger partial charge in [-0.15, -0.1) is 0 Å². The Kier molecular flexibility index (Phi) is 4.53. The van der Waals surface area contributed by atoms with E-state index in [1.807, 2.05) is 0 Å². The number of hydrogen-bond acceptors (Lipinski definition) is 4. The van der Waals surface area contributed by atoms with Crippen molar-refractivity contribution in [3.63, 3.8) is 0 Å². The zero-order valence-electron chi connectivity index (χ0n) is 8.95. The third-order valence-electron chi connectivity index (χ3n) is 2.40. The van der Waals surface area contributed by atoms with E-state index in [9.17, 15) is 13.2 Å². The van der Waals surface area contributed by atoms with Gasteiger partial charge in [-0.05, 0) is 19.4 Å². The van der Waals surface area contributed by atoms with Gasteiger partial charge in [0.25, 0.3) is 0 Å². The van der Waals surface area contributed by atoms with Gasteiger partial charge in [-0.3, -0.25) is 4.79 Å². The van der Waals surface area contributed by atoms with Crippen LogP contribution < -0.4 is 10.6 Å². The Morgan fingerprint density at radius 2 is 2.20 bits per heavy atom. The summed E-state index contributed by atoms with van der Waals surface area (Å²) in [7, 11) is -2.99. The Balaban J connectivity index is 2.23. The lowest BCUT2D eigenvalue weighted by atomic mass is 10.0. The third-order valence-corrected chi connectivity index (χ3v) is 3.34. The molecule has 1 rings (SSSR count). The average molecular weight is 234 g/mol. The molecule has 0 unspecified atom stereocenters. The van der Waals surface area contributed by atoms with Crippen molar-refractivity contribution >= 4 is 15.7 Å². The standard InChI is InChI=1S/C9H18N2O3S/c1-15(13,14)7-6-11-9(12)8-4-2-3-5-10-8/h8,10H,2-7H2,1H3,(H,11,12)/t8-/m1/s1. The first-order valence-corrected chi connectivity index (χ1v) is 7.24. The molecule has 6 heteroatoms. The summed E-state index contributed by atoms with van der Waals surface area (Å²) in [5, 5.41) is 5.73. The second-order valence-electron chi connectivity index (χ2n) is 3.92. The Hall–Kier alpha value is -0.620. The van der Waals surface area contributed by atoms with Crippen molar-refractivity contribution in [2.24, 2.45) is 0 Å². The number of piperidine rings is 1. The molecule has 1 heterocycles. The molecule has 1 saturated heterocycles. The molecule has 1 aliphatic rings. The summed E-state index contributed by atoms with van der Waals surface area (Å²) in [6.45, 7) is 1.07. The van der Waals surface area contributed by atoms with Crippen molar-refractivity contribution in [2.45, 2.75) is 25.3 Å². The summed E-state index contributed by atoms with van der Waals surface area (Å²) in [4.78, 5) is 11.5. The molecule has 0 radical (unpaired) electrons. The van der Waals surface area contributed by atoms with Gasteiger partial charge in [0.15, 0.2) is 0 Å². The lowest BCUT2D eigenvalue weighted by Crippen LogP contribution is -2.47. The van der Waals surface area contributed by atoms with E-state index in [4.69, 9.17) is 0 Å². The molecule has 0 bridgehead atoms. The van der Waals surface area contributed by atoms with Crippen LogP contribution in [0.1, 0.15) is 19.3 Å². The van der Waals surface area contributed by atoms with Crippen LogP contribution in [0.5, 0.6) is 0 Å². The molecule has 0 spiro atoms. The molecule has 0 aromatic carbocycles. The molecule has 1 atom stereocenters. The second kappa shape index (κ2) is 5.46. The Morgan fingerprint density at radius 3 is 2.73 bits per heavy atom. The second-order valence-corrected chi connectivity index (χ2v) is 6.18. The van der Waals surface area contributed by atoms with E-state index in [-0.39, 0.29) is 24.2 Å². The van der Waals surface area contributed by atoms with Gasteiger partial charge in [-0.25, -0.2) is 8.42 Å². The van der Waals surface area contributed by atoms with Crippen LogP contribution in [0.3, 0.4) is 0 Å². The first kappa shape index (κ1) is 12.4. The summed E-state index contributed by atoms with van der Waals surface area (Å²) in [5.41, 5.74) is 0. The number of carbonyl (C=O) groups is 1. The number of nitrogens with one attached hydrogen (secondary N) is 2.